The first-order valence-corrected chi connectivity index (χ1v) is 5.97. The highest BCUT2D eigenvalue weighted by Gasteiger charge is 2.30. The number of hydrogen-bond donors (Lipinski definition) is 2. The minimum absolute atomic E-state index is 0. The Labute approximate surface area is 117 Å². The summed E-state index contributed by atoms with van der Waals surface area (Å²) in [4.78, 5) is 0. The molecular weight excluding hydrogens is 277 g/mol. The van der Waals surface area contributed by atoms with E-state index in [2.05, 4.69) is 0 Å². The highest BCUT2D eigenvalue weighted by Crippen LogP contribution is 2.31. The molecule has 2 nitrogen and oxygen atoms in total. The van der Waals surface area contributed by atoms with Gasteiger partial charge in [-0.3, -0.25) is 0 Å². The number of nitrogens with two attached hydrogens (primary N) is 2. The maximum Gasteiger partial charge on any atom is 0.416 e. The second kappa shape index (κ2) is 7.72. The van der Waals surface area contributed by atoms with Crippen molar-refractivity contribution in [2.75, 3.05) is 6.54 Å². The predicted molar refractivity (Wildman–Crippen MR) is 73.4 cm³/mol. The number of hydrogen-bond acceptors (Lipinski definition) is 2. The van der Waals surface area contributed by atoms with Gasteiger partial charge in [-0.15, -0.1) is 12.4 Å². The Hall–Kier alpha value is -0.780. The highest BCUT2D eigenvalue weighted by molar-refractivity contribution is 5.85. The molecule has 6 heteroatoms. The first-order chi connectivity index (χ1) is 8.34. The van der Waals surface area contributed by atoms with Gasteiger partial charge < -0.3 is 11.5 Å². The van der Waals surface area contributed by atoms with Crippen LogP contribution in [0, 0.1) is 0 Å². The summed E-state index contributed by atoms with van der Waals surface area (Å²) in [6.07, 6.45) is -2.83. The smallest absolute Gasteiger partial charge is 0.330 e. The lowest BCUT2D eigenvalue weighted by molar-refractivity contribution is -0.137. The van der Waals surface area contributed by atoms with Crippen molar-refractivity contribution < 1.29 is 13.2 Å². The lowest BCUT2D eigenvalue weighted by Gasteiger charge is -2.19. The molecule has 1 aromatic rings. The lowest BCUT2D eigenvalue weighted by Crippen LogP contribution is -2.20. The zero-order valence-corrected chi connectivity index (χ0v) is 11.6. The van der Waals surface area contributed by atoms with Crippen molar-refractivity contribution in [1.82, 2.24) is 0 Å². The molecular formula is C13H20ClF3N2. The van der Waals surface area contributed by atoms with Crippen molar-refractivity contribution in [2.24, 2.45) is 11.5 Å². The molecule has 0 radical (unpaired) electrons. The average Bonchev–Trinajstić information content (AvgIpc) is 2.27. The van der Waals surface area contributed by atoms with Crippen LogP contribution in [0.3, 0.4) is 0 Å². The molecule has 19 heavy (non-hydrogen) atoms. The molecule has 1 aromatic carbocycles. The van der Waals surface area contributed by atoms with E-state index in [0.717, 1.165) is 30.5 Å². The molecule has 0 fully saturated rings. The fourth-order valence-corrected chi connectivity index (χ4v) is 2.01. The molecule has 0 heterocycles. The Morgan fingerprint density at radius 3 is 2.05 bits per heavy atom. The van der Waals surface area contributed by atoms with Gasteiger partial charge in [0.15, 0.2) is 0 Å². The summed E-state index contributed by atoms with van der Waals surface area (Å²) in [6.45, 7) is 2.38. The second-order valence-electron chi connectivity index (χ2n) is 4.61. The van der Waals surface area contributed by atoms with Gasteiger partial charge >= 0.3 is 6.18 Å². The standard InChI is InChI=1S/C13H19F3N2.ClH/c1-9(18)8-11(6-7-17)10-2-4-12(5-3-10)13(14,15)16;/h2-5,9,11H,6-8,17-18H2,1H3;1H. The van der Waals surface area contributed by atoms with Crippen LogP contribution in [0.1, 0.15) is 36.8 Å². The summed E-state index contributed by atoms with van der Waals surface area (Å²) in [5, 5.41) is 0. The Balaban J connectivity index is 0.00000324. The van der Waals surface area contributed by atoms with Gasteiger partial charge in [-0.05, 0) is 49.9 Å². The lowest BCUT2D eigenvalue weighted by atomic mass is 9.89. The quantitative estimate of drug-likeness (QED) is 0.876. The Kier molecular flexibility index (Phi) is 7.41. The third-order valence-corrected chi connectivity index (χ3v) is 2.88. The van der Waals surface area contributed by atoms with Crippen molar-refractivity contribution >= 4 is 12.4 Å². The minimum Gasteiger partial charge on any atom is -0.330 e. The van der Waals surface area contributed by atoms with E-state index in [9.17, 15) is 13.2 Å². The van der Waals surface area contributed by atoms with E-state index < -0.39 is 11.7 Å². The third-order valence-electron chi connectivity index (χ3n) is 2.88. The Morgan fingerprint density at radius 2 is 1.68 bits per heavy atom. The molecule has 0 aliphatic rings. The van der Waals surface area contributed by atoms with Crippen molar-refractivity contribution in [3.63, 3.8) is 0 Å². The molecule has 0 spiro atoms. The fourth-order valence-electron chi connectivity index (χ4n) is 2.01. The van der Waals surface area contributed by atoms with E-state index in [1.54, 1.807) is 0 Å². The molecule has 2 unspecified atom stereocenters. The molecule has 110 valence electrons. The van der Waals surface area contributed by atoms with Gasteiger partial charge in [-0.2, -0.15) is 13.2 Å². The van der Waals surface area contributed by atoms with E-state index >= 15 is 0 Å². The summed E-state index contributed by atoms with van der Waals surface area (Å²) in [5.74, 6) is 0.122. The van der Waals surface area contributed by atoms with Crippen molar-refractivity contribution in [3.8, 4) is 0 Å². The molecule has 0 aliphatic heterocycles. The first-order valence-electron chi connectivity index (χ1n) is 5.97. The van der Waals surface area contributed by atoms with Crippen LogP contribution in [0.4, 0.5) is 13.2 Å². The molecule has 0 aromatic heterocycles. The zero-order chi connectivity index (χ0) is 13.8. The van der Waals surface area contributed by atoms with Gasteiger partial charge in [0.1, 0.15) is 0 Å². The van der Waals surface area contributed by atoms with Crippen LogP contribution >= 0.6 is 12.4 Å². The van der Waals surface area contributed by atoms with E-state index in [1.165, 1.54) is 12.1 Å². The summed E-state index contributed by atoms with van der Waals surface area (Å²) >= 11 is 0. The third kappa shape index (κ3) is 5.80. The molecule has 0 saturated carbocycles. The molecule has 0 aliphatic carbocycles. The van der Waals surface area contributed by atoms with E-state index in [1.807, 2.05) is 6.92 Å². The van der Waals surface area contributed by atoms with E-state index in [4.69, 9.17) is 11.5 Å². The summed E-state index contributed by atoms with van der Waals surface area (Å²) in [6, 6.07) is 5.26. The number of benzene rings is 1. The largest absolute Gasteiger partial charge is 0.416 e. The fraction of sp³-hybridized carbons (Fsp3) is 0.538. The van der Waals surface area contributed by atoms with Gasteiger partial charge in [-0.1, -0.05) is 12.1 Å². The van der Waals surface area contributed by atoms with Gasteiger partial charge in [0.05, 0.1) is 5.56 Å². The van der Waals surface area contributed by atoms with Gasteiger partial charge in [0.25, 0.3) is 0 Å². The average molecular weight is 297 g/mol. The van der Waals surface area contributed by atoms with Crippen molar-refractivity contribution in [1.29, 1.82) is 0 Å². The van der Waals surface area contributed by atoms with Crippen LogP contribution in [0.25, 0.3) is 0 Å². The maximum absolute atomic E-state index is 12.4. The molecule has 0 bridgehead atoms. The Bertz CT molecular complexity index is 363. The molecule has 1 rings (SSSR count). The maximum atomic E-state index is 12.4. The predicted octanol–water partition coefficient (Wildman–Crippen LogP) is 3.30. The van der Waals surface area contributed by atoms with Crippen molar-refractivity contribution in [3.05, 3.63) is 35.4 Å². The highest BCUT2D eigenvalue weighted by atomic mass is 35.5. The minimum atomic E-state index is -4.29. The summed E-state index contributed by atoms with van der Waals surface area (Å²) in [7, 11) is 0. The Morgan fingerprint density at radius 1 is 1.16 bits per heavy atom. The number of alkyl halides is 3. The summed E-state index contributed by atoms with van der Waals surface area (Å²) in [5.41, 5.74) is 11.5. The van der Waals surface area contributed by atoms with Crippen molar-refractivity contribution in [2.45, 2.75) is 37.9 Å². The van der Waals surface area contributed by atoms with E-state index in [0.29, 0.717) is 6.54 Å². The number of rotatable bonds is 5. The molecule has 0 amide bonds. The monoisotopic (exact) mass is 296 g/mol. The number of halogens is 4. The second-order valence-corrected chi connectivity index (χ2v) is 4.61. The van der Waals surface area contributed by atoms with Gasteiger partial charge in [-0.25, -0.2) is 0 Å². The molecule has 0 saturated heterocycles. The van der Waals surface area contributed by atoms with Gasteiger partial charge in [0.2, 0.25) is 0 Å². The SMILES string of the molecule is CC(N)CC(CCN)c1ccc(C(F)(F)F)cc1.Cl. The van der Waals surface area contributed by atoms with Crippen LogP contribution in [-0.2, 0) is 6.18 Å². The van der Waals surface area contributed by atoms with Crippen LogP contribution in [0.5, 0.6) is 0 Å². The van der Waals surface area contributed by atoms with Gasteiger partial charge in [0, 0.05) is 6.04 Å². The van der Waals surface area contributed by atoms with Crippen LogP contribution in [0.15, 0.2) is 24.3 Å². The molecule has 4 N–H and O–H groups in total. The molecule has 2 atom stereocenters. The summed E-state index contributed by atoms with van der Waals surface area (Å²) < 4.78 is 37.3. The van der Waals surface area contributed by atoms with Crippen LogP contribution in [-0.4, -0.2) is 12.6 Å². The zero-order valence-electron chi connectivity index (χ0n) is 10.8. The van der Waals surface area contributed by atoms with Crippen LogP contribution < -0.4 is 11.5 Å². The van der Waals surface area contributed by atoms with Crippen LogP contribution in [0.2, 0.25) is 0 Å². The van der Waals surface area contributed by atoms with E-state index in [-0.39, 0.29) is 24.4 Å². The first kappa shape index (κ1) is 18.2. The normalized spacial score (nSPS) is 14.6. The topological polar surface area (TPSA) is 52.0 Å².